The van der Waals surface area contributed by atoms with Crippen molar-refractivity contribution in [2.24, 2.45) is 11.1 Å². The van der Waals surface area contributed by atoms with E-state index in [1.165, 1.54) is 24.3 Å². The number of anilines is 1. The van der Waals surface area contributed by atoms with E-state index in [1.807, 2.05) is 0 Å². The van der Waals surface area contributed by atoms with Crippen molar-refractivity contribution in [1.82, 2.24) is 0 Å². The molecule has 0 amide bonds. The normalized spacial score (nSPS) is 18.6. The molecule has 0 heterocycles. The summed E-state index contributed by atoms with van der Waals surface area (Å²) in [6.45, 7) is 1.64. The number of carboxylic acids is 1. The molecule has 1 aromatic carbocycles. The summed E-state index contributed by atoms with van der Waals surface area (Å²) in [4.78, 5) is 11.4. The summed E-state index contributed by atoms with van der Waals surface area (Å²) >= 11 is 0. The third kappa shape index (κ3) is 2.87. The van der Waals surface area contributed by atoms with Crippen LogP contribution in [0.4, 0.5) is 5.69 Å². The molecule has 7 heteroatoms. The van der Waals surface area contributed by atoms with Gasteiger partial charge in [0.1, 0.15) is 5.54 Å². The molecular formula is C12H16N2O4S. The number of hydrogen-bond donors (Lipinski definition) is 3. The van der Waals surface area contributed by atoms with Gasteiger partial charge in [-0.1, -0.05) is 0 Å². The van der Waals surface area contributed by atoms with Crippen LogP contribution in [0.15, 0.2) is 29.2 Å². The highest BCUT2D eigenvalue weighted by molar-refractivity contribution is 7.89. The van der Waals surface area contributed by atoms with Gasteiger partial charge < -0.3 is 10.4 Å². The maximum Gasteiger partial charge on any atom is 0.329 e. The Labute approximate surface area is 111 Å². The standard InChI is InChI=1S/C12H16N2O4S/c1-12(11(15)16,8-2-3-8)14-9-4-6-10(7-5-9)19(13,17)18/h4-8,14H,2-3H2,1H3,(H,15,16)(H2,13,17,18). The molecule has 6 nitrogen and oxygen atoms in total. The van der Waals surface area contributed by atoms with Gasteiger partial charge in [-0.15, -0.1) is 0 Å². The van der Waals surface area contributed by atoms with Gasteiger partial charge in [-0.25, -0.2) is 18.4 Å². The van der Waals surface area contributed by atoms with Gasteiger partial charge in [0.2, 0.25) is 10.0 Å². The third-order valence-electron chi connectivity index (χ3n) is 3.42. The molecule has 1 aromatic rings. The molecule has 1 aliphatic carbocycles. The number of rotatable bonds is 5. The Morgan fingerprint density at radius 1 is 1.37 bits per heavy atom. The van der Waals surface area contributed by atoms with Crippen LogP contribution >= 0.6 is 0 Å². The first-order valence-electron chi connectivity index (χ1n) is 5.88. The molecule has 0 aromatic heterocycles. The van der Waals surface area contributed by atoms with Crippen LogP contribution in [0.5, 0.6) is 0 Å². The number of nitrogens with one attached hydrogen (secondary N) is 1. The second-order valence-corrected chi connectivity index (χ2v) is 6.54. The topological polar surface area (TPSA) is 109 Å². The van der Waals surface area contributed by atoms with Crippen molar-refractivity contribution in [3.05, 3.63) is 24.3 Å². The molecule has 2 rings (SSSR count). The number of carboxylic acid groups (broad SMARTS) is 1. The minimum atomic E-state index is -3.73. The second kappa shape index (κ2) is 4.50. The lowest BCUT2D eigenvalue weighted by molar-refractivity contribution is -0.142. The van der Waals surface area contributed by atoms with E-state index >= 15 is 0 Å². The predicted octanol–water partition coefficient (Wildman–Crippen LogP) is 0.999. The predicted molar refractivity (Wildman–Crippen MR) is 70.2 cm³/mol. The molecule has 0 saturated heterocycles. The average Bonchev–Trinajstić information content (AvgIpc) is 3.12. The number of sulfonamides is 1. The minimum Gasteiger partial charge on any atom is -0.480 e. The van der Waals surface area contributed by atoms with Crippen molar-refractivity contribution in [3.8, 4) is 0 Å². The summed E-state index contributed by atoms with van der Waals surface area (Å²) in [5, 5.41) is 17.3. The molecular weight excluding hydrogens is 268 g/mol. The van der Waals surface area contributed by atoms with Gasteiger partial charge in [0.05, 0.1) is 4.90 Å². The highest BCUT2D eigenvalue weighted by atomic mass is 32.2. The zero-order valence-electron chi connectivity index (χ0n) is 10.5. The molecule has 0 radical (unpaired) electrons. The smallest absolute Gasteiger partial charge is 0.329 e. The highest BCUT2D eigenvalue weighted by Gasteiger charge is 2.47. The Bertz CT molecular complexity index is 593. The van der Waals surface area contributed by atoms with E-state index in [0.717, 1.165) is 12.8 Å². The number of benzene rings is 1. The van der Waals surface area contributed by atoms with Crippen LogP contribution in [0, 0.1) is 5.92 Å². The van der Waals surface area contributed by atoms with E-state index in [0.29, 0.717) is 5.69 Å². The fourth-order valence-corrected chi connectivity index (χ4v) is 2.53. The van der Waals surface area contributed by atoms with Crippen molar-refractivity contribution >= 4 is 21.7 Å². The Balaban J connectivity index is 2.21. The maximum absolute atomic E-state index is 11.4. The molecule has 1 fully saturated rings. The van der Waals surface area contributed by atoms with Gasteiger partial charge in [-0.05, 0) is 49.9 Å². The largest absolute Gasteiger partial charge is 0.480 e. The van der Waals surface area contributed by atoms with E-state index in [4.69, 9.17) is 5.14 Å². The molecule has 1 saturated carbocycles. The SMILES string of the molecule is CC(Nc1ccc(S(N)(=O)=O)cc1)(C(=O)O)C1CC1. The maximum atomic E-state index is 11.4. The average molecular weight is 284 g/mol. The van der Waals surface area contributed by atoms with Crippen molar-refractivity contribution in [2.45, 2.75) is 30.2 Å². The van der Waals surface area contributed by atoms with E-state index in [-0.39, 0.29) is 10.8 Å². The summed E-state index contributed by atoms with van der Waals surface area (Å²) < 4.78 is 22.2. The number of nitrogens with two attached hydrogens (primary N) is 1. The molecule has 1 aliphatic rings. The highest BCUT2D eigenvalue weighted by Crippen LogP contribution is 2.41. The van der Waals surface area contributed by atoms with Crippen LogP contribution in [0.25, 0.3) is 0 Å². The van der Waals surface area contributed by atoms with Gasteiger partial charge in [0.25, 0.3) is 0 Å². The van der Waals surface area contributed by atoms with Gasteiger partial charge in [-0.2, -0.15) is 0 Å². The minimum absolute atomic E-state index is 0.00139. The molecule has 0 spiro atoms. The van der Waals surface area contributed by atoms with E-state index < -0.39 is 21.5 Å². The Hall–Kier alpha value is -1.60. The molecule has 0 aliphatic heterocycles. The summed E-state index contributed by atoms with van der Waals surface area (Å²) in [6, 6.07) is 5.74. The van der Waals surface area contributed by atoms with Crippen LogP contribution in [0.3, 0.4) is 0 Å². The summed E-state index contributed by atoms with van der Waals surface area (Å²) in [6.07, 6.45) is 1.76. The van der Waals surface area contributed by atoms with E-state index in [2.05, 4.69) is 5.32 Å². The van der Waals surface area contributed by atoms with Gasteiger partial charge in [0.15, 0.2) is 0 Å². The lowest BCUT2D eigenvalue weighted by atomic mass is 9.95. The Morgan fingerprint density at radius 3 is 2.26 bits per heavy atom. The Kier molecular flexibility index (Phi) is 3.27. The number of primary sulfonamides is 1. The number of carbonyl (C=O) groups is 1. The van der Waals surface area contributed by atoms with Gasteiger partial charge in [0, 0.05) is 5.69 Å². The molecule has 19 heavy (non-hydrogen) atoms. The molecule has 1 atom stereocenters. The van der Waals surface area contributed by atoms with Gasteiger partial charge >= 0.3 is 5.97 Å². The lowest BCUT2D eigenvalue weighted by Gasteiger charge is -2.27. The van der Waals surface area contributed by atoms with Crippen molar-refractivity contribution < 1.29 is 18.3 Å². The van der Waals surface area contributed by atoms with Crippen molar-refractivity contribution in [3.63, 3.8) is 0 Å². The number of aliphatic carboxylic acids is 1. The van der Waals surface area contributed by atoms with Crippen molar-refractivity contribution in [1.29, 1.82) is 0 Å². The first-order chi connectivity index (χ1) is 8.73. The van der Waals surface area contributed by atoms with Crippen LogP contribution < -0.4 is 10.5 Å². The lowest BCUT2D eigenvalue weighted by Crippen LogP contribution is -2.45. The van der Waals surface area contributed by atoms with Crippen LogP contribution in [0.1, 0.15) is 19.8 Å². The molecule has 0 bridgehead atoms. The molecule has 104 valence electrons. The van der Waals surface area contributed by atoms with E-state index in [9.17, 15) is 18.3 Å². The fourth-order valence-electron chi connectivity index (χ4n) is 2.02. The van der Waals surface area contributed by atoms with Gasteiger partial charge in [-0.3, -0.25) is 0 Å². The summed E-state index contributed by atoms with van der Waals surface area (Å²) in [5.74, 6) is -0.812. The van der Waals surface area contributed by atoms with E-state index in [1.54, 1.807) is 6.92 Å². The second-order valence-electron chi connectivity index (χ2n) is 4.98. The monoisotopic (exact) mass is 284 g/mol. The zero-order chi connectivity index (χ0) is 14.3. The first kappa shape index (κ1) is 13.8. The third-order valence-corrected chi connectivity index (χ3v) is 4.35. The summed E-state index contributed by atoms with van der Waals surface area (Å²) in [7, 11) is -3.73. The van der Waals surface area contributed by atoms with Crippen molar-refractivity contribution in [2.75, 3.05) is 5.32 Å². The number of hydrogen-bond acceptors (Lipinski definition) is 4. The first-order valence-corrected chi connectivity index (χ1v) is 7.42. The van der Waals surface area contributed by atoms with Crippen LogP contribution in [-0.2, 0) is 14.8 Å². The fraction of sp³-hybridized carbons (Fsp3) is 0.417. The zero-order valence-corrected chi connectivity index (χ0v) is 11.3. The van der Waals surface area contributed by atoms with Crippen LogP contribution in [0.2, 0.25) is 0 Å². The van der Waals surface area contributed by atoms with Crippen LogP contribution in [-0.4, -0.2) is 25.0 Å². The summed E-state index contributed by atoms with van der Waals surface area (Å²) in [5.41, 5.74) is -0.465. The molecule has 4 N–H and O–H groups in total. The Morgan fingerprint density at radius 2 is 1.89 bits per heavy atom. The molecule has 1 unspecified atom stereocenters. The quantitative estimate of drug-likeness (QED) is 0.747.